The van der Waals surface area contributed by atoms with Gasteiger partial charge < -0.3 is 10.6 Å². The van der Waals surface area contributed by atoms with Gasteiger partial charge in [-0.25, -0.2) is 8.78 Å². The molecule has 82 valence electrons. The van der Waals surface area contributed by atoms with E-state index in [0.29, 0.717) is 12.2 Å². The number of anilines is 1. The summed E-state index contributed by atoms with van der Waals surface area (Å²) in [4.78, 5) is 1.74. The summed E-state index contributed by atoms with van der Waals surface area (Å²) in [5.74, 6) is -1.10. The molecule has 0 aliphatic heterocycles. The van der Waals surface area contributed by atoms with Gasteiger partial charge >= 0.3 is 0 Å². The minimum Gasteiger partial charge on any atom is -0.370 e. The van der Waals surface area contributed by atoms with Crippen molar-refractivity contribution < 1.29 is 8.78 Å². The van der Waals surface area contributed by atoms with Gasteiger partial charge in [-0.2, -0.15) is 0 Å². The van der Waals surface area contributed by atoms with Crippen LogP contribution in [0.5, 0.6) is 0 Å². The van der Waals surface area contributed by atoms with Gasteiger partial charge in [-0.05, 0) is 25.0 Å². The van der Waals surface area contributed by atoms with Gasteiger partial charge in [0, 0.05) is 25.2 Å². The third kappa shape index (κ3) is 2.26. The van der Waals surface area contributed by atoms with Crippen LogP contribution in [0.2, 0.25) is 0 Å². The number of benzene rings is 1. The van der Waals surface area contributed by atoms with Crippen LogP contribution in [0.4, 0.5) is 14.5 Å². The average molecular weight is 212 g/mol. The van der Waals surface area contributed by atoms with Crippen LogP contribution in [-0.4, -0.2) is 19.1 Å². The molecule has 1 aromatic rings. The highest BCUT2D eigenvalue weighted by atomic mass is 19.1. The minimum absolute atomic E-state index is 0.171. The Morgan fingerprint density at radius 2 is 2.07 bits per heavy atom. The van der Waals surface area contributed by atoms with Crippen molar-refractivity contribution in [2.75, 3.05) is 18.5 Å². The van der Waals surface area contributed by atoms with Crippen molar-refractivity contribution in [1.29, 1.82) is 0 Å². The molecule has 0 amide bonds. The molecule has 0 unspecified atom stereocenters. The Morgan fingerprint density at radius 3 is 2.60 bits per heavy atom. The zero-order chi connectivity index (χ0) is 11.1. The molecule has 1 fully saturated rings. The second-order valence-corrected chi connectivity index (χ2v) is 4.31. The molecule has 0 radical (unpaired) electrons. The van der Waals surface area contributed by atoms with Crippen LogP contribution >= 0.6 is 0 Å². The average Bonchev–Trinajstić information content (AvgIpc) is 2.82. The smallest absolute Gasteiger partial charge is 0.149 e. The SMILES string of the molecule is CN(CC1(N)CC1)c1ccc(F)cc1F. The van der Waals surface area contributed by atoms with Crippen LogP contribution in [0.1, 0.15) is 12.8 Å². The highest BCUT2D eigenvalue weighted by Crippen LogP contribution is 2.34. The summed E-state index contributed by atoms with van der Waals surface area (Å²) < 4.78 is 26.1. The van der Waals surface area contributed by atoms with Crippen LogP contribution in [0.15, 0.2) is 18.2 Å². The number of nitrogens with zero attached hydrogens (tertiary/aromatic N) is 1. The van der Waals surface area contributed by atoms with Gasteiger partial charge in [-0.15, -0.1) is 0 Å². The molecule has 1 aromatic carbocycles. The Bertz CT molecular complexity index is 375. The topological polar surface area (TPSA) is 29.3 Å². The van der Waals surface area contributed by atoms with E-state index in [4.69, 9.17) is 5.73 Å². The number of hydrogen-bond donors (Lipinski definition) is 1. The molecule has 0 aromatic heterocycles. The van der Waals surface area contributed by atoms with Crippen molar-refractivity contribution in [3.8, 4) is 0 Å². The third-order valence-electron chi connectivity index (χ3n) is 2.77. The monoisotopic (exact) mass is 212 g/mol. The van der Waals surface area contributed by atoms with Crippen LogP contribution in [0.3, 0.4) is 0 Å². The summed E-state index contributed by atoms with van der Waals surface area (Å²) in [5, 5.41) is 0. The van der Waals surface area contributed by atoms with E-state index in [9.17, 15) is 8.78 Å². The van der Waals surface area contributed by atoms with E-state index in [0.717, 1.165) is 18.9 Å². The maximum absolute atomic E-state index is 13.4. The Hall–Kier alpha value is -1.16. The molecular formula is C11H14F2N2. The van der Waals surface area contributed by atoms with E-state index in [1.165, 1.54) is 12.1 Å². The quantitative estimate of drug-likeness (QED) is 0.829. The van der Waals surface area contributed by atoms with E-state index >= 15 is 0 Å². The van der Waals surface area contributed by atoms with E-state index in [2.05, 4.69) is 0 Å². The summed E-state index contributed by atoms with van der Waals surface area (Å²) >= 11 is 0. The van der Waals surface area contributed by atoms with Gasteiger partial charge in [0.05, 0.1) is 5.69 Å². The normalized spacial score (nSPS) is 17.6. The zero-order valence-electron chi connectivity index (χ0n) is 8.63. The zero-order valence-corrected chi connectivity index (χ0v) is 8.63. The first-order chi connectivity index (χ1) is 7.00. The summed E-state index contributed by atoms with van der Waals surface area (Å²) in [6.45, 7) is 0.607. The van der Waals surface area contributed by atoms with Crippen molar-refractivity contribution in [2.45, 2.75) is 18.4 Å². The second kappa shape index (κ2) is 3.45. The highest BCUT2D eigenvalue weighted by molar-refractivity contribution is 5.47. The molecule has 0 spiro atoms. The largest absolute Gasteiger partial charge is 0.370 e. The lowest BCUT2D eigenvalue weighted by atomic mass is 10.2. The number of hydrogen-bond acceptors (Lipinski definition) is 2. The molecule has 2 nitrogen and oxygen atoms in total. The summed E-state index contributed by atoms with van der Waals surface area (Å²) in [7, 11) is 1.77. The number of likely N-dealkylation sites (N-methyl/N-ethyl adjacent to an activating group) is 1. The van der Waals surface area contributed by atoms with E-state index in [1.54, 1.807) is 11.9 Å². The third-order valence-corrected chi connectivity index (χ3v) is 2.77. The summed E-state index contributed by atoms with van der Waals surface area (Å²) in [6, 6.07) is 3.59. The van der Waals surface area contributed by atoms with Crippen molar-refractivity contribution >= 4 is 5.69 Å². The molecule has 4 heteroatoms. The van der Waals surface area contributed by atoms with Crippen molar-refractivity contribution in [3.63, 3.8) is 0 Å². The van der Waals surface area contributed by atoms with Gasteiger partial charge in [0.1, 0.15) is 11.6 Å². The van der Waals surface area contributed by atoms with Crippen LogP contribution in [0.25, 0.3) is 0 Å². The molecule has 1 aliphatic carbocycles. The summed E-state index contributed by atoms with van der Waals surface area (Å²) in [5.41, 5.74) is 6.15. The highest BCUT2D eigenvalue weighted by Gasteiger charge is 2.39. The fourth-order valence-corrected chi connectivity index (χ4v) is 1.67. The Balaban J connectivity index is 2.14. The Kier molecular flexibility index (Phi) is 2.38. The van der Waals surface area contributed by atoms with Crippen LogP contribution in [-0.2, 0) is 0 Å². The molecule has 1 saturated carbocycles. The molecule has 15 heavy (non-hydrogen) atoms. The Morgan fingerprint density at radius 1 is 1.40 bits per heavy atom. The van der Waals surface area contributed by atoms with Crippen molar-refractivity contribution in [3.05, 3.63) is 29.8 Å². The van der Waals surface area contributed by atoms with Gasteiger partial charge in [0.15, 0.2) is 0 Å². The first-order valence-electron chi connectivity index (χ1n) is 4.95. The fourth-order valence-electron chi connectivity index (χ4n) is 1.67. The van der Waals surface area contributed by atoms with Crippen molar-refractivity contribution in [2.24, 2.45) is 5.73 Å². The van der Waals surface area contributed by atoms with Gasteiger partial charge in [0.2, 0.25) is 0 Å². The fraction of sp³-hybridized carbons (Fsp3) is 0.455. The number of halogens is 2. The second-order valence-electron chi connectivity index (χ2n) is 4.31. The first kappa shape index (κ1) is 10.4. The van der Waals surface area contributed by atoms with Gasteiger partial charge in [-0.1, -0.05) is 0 Å². The standard InChI is InChI=1S/C11H14F2N2/c1-15(7-11(14)4-5-11)10-3-2-8(12)6-9(10)13/h2-3,6H,4-5,7,14H2,1H3. The van der Waals surface area contributed by atoms with Gasteiger partial charge in [0.25, 0.3) is 0 Å². The van der Waals surface area contributed by atoms with E-state index in [-0.39, 0.29) is 5.54 Å². The maximum Gasteiger partial charge on any atom is 0.149 e. The molecular weight excluding hydrogens is 198 g/mol. The van der Waals surface area contributed by atoms with Crippen LogP contribution < -0.4 is 10.6 Å². The van der Waals surface area contributed by atoms with E-state index in [1.807, 2.05) is 0 Å². The van der Waals surface area contributed by atoms with E-state index < -0.39 is 11.6 Å². The van der Waals surface area contributed by atoms with Crippen LogP contribution in [0, 0.1) is 11.6 Å². The predicted octanol–water partition coefficient (Wildman–Crippen LogP) is 1.89. The predicted molar refractivity (Wildman–Crippen MR) is 55.8 cm³/mol. The lowest BCUT2D eigenvalue weighted by molar-refractivity contribution is 0.575. The van der Waals surface area contributed by atoms with Crippen molar-refractivity contribution in [1.82, 2.24) is 0 Å². The number of nitrogens with two attached hydrogens (primary N) is 1. The lowest BCUT2D eigenvalue weighted by Crippen LogP contribution is -2.37. The summed E-state index contributed by atoms with van der Waals surface area (Å²) in [6.07, 6.45) is 1.94. The first-order valence-corrected chi connectivity index (χ1v) is 4.95. The molecule has 0 atom stereocenters. The molecule has 0 saturated heterocycles. The molecule has 0 heterocycles. The number of rotatable bonds is 3. The van der Waals surface area contributed by atoms with Gasteiger partial charge in [-0.3, -0.25) is 0 Å². The molecule has 1 aliphatic rings. The molecule has 0 bridgehead atoms. The molecule has 2 N–H and O–H groups in total. The Labute approximate surface area is 87.7 Å². The lowest BCUT2D eigenvalue weighted by Gasteiger charge is -2.23. The minimum atomic E-state index is -0.557. The maximum atomic E-state index is 13.4. The molecule has 2 rings (SSSR count).